The van der Waals surface area contributed by atoms with E-state index in [9.17, 15) is 14.7 Å². The predicted octanol–water partition coefficient (Wildman–Crippen LogP) is 3.52. The minimum Gasteiger partial charge on any atom is -0.497 e. The number of methoxy groups -OCH3 is 1. The summed E-state index contributed by atoms with van der Waals surface area (Å²) in [5, 5.41) is 11.7. The summed E-state index contributed by atoms with van der Waals surface area (Å²) in [6, 6.07) is 5.80. The predicted molar refractivity (Wildman–Crippen MR) is 131 cm³/mol. The molecule has 1 saturated heterocycles. The minimum absolute atomic E-state index is 0.0994. The number of hydrogen-bond donors (Lipinski definition) is 1. The van der Waals surface area contributed by atoms with Crippen LogP contribution in [0.25, 0.3) is 10.9 Å². The highest BCUT2D eigenvalue weighted by molar-refractivity contribution is 5.90. The Hall–Kier alpha value is -2.54. The molecule has 1 aliphatic carbocycles. The molecule has 1 aromatic heterocycles. The third kappa shape index (κ3) is 3.51. The highest BCUT2D eigenvalue weighted by Gasteiger charge is 2.50. The third-order valence-electron chi connectivity index (χ3n) is 8.59. The fourth-order valence-electron chi connectivity index (χ4n) is 6.45. The number of carbonyl (C=O) groups is 2. The molecule has 7 heteroatoms. The monoisotopic (exact) mass is 467 g/mol. The largest absolute Gasteiger partial charge is 0.497 e. The van der Waals surface area contributed by atoms with Gasteiger partial charge in [-0.25, -0.2) is 0 Å². The summed E-state index contributed by atoms with van der Waals surface area (Å²) in [5.74, 6) is 1.41. The Morgan fingerprint density at radius 2 is 1.94 bits per heavy atom. The number of likely N-dealkylation sites (tertiary alicyclic amines) is 1. The van der Waals surface area contributed by atoms with Crippen LogP contribution >= 0.6 is 0 Å². The lowest BCUT2D eigenvalue weighted by Crippen LogP contribution is -2.56. The van der Waals surface area contributed by atoms with Gasteiger partial charge in [-0.2, -0.15) is 0 Å². The van der Waals surface area contributed by atoms with Gasteiger partial charge in [-0.15, -0.1) is 0 Å². The van der Waals surface area contributed by atoms with Crippen molar-refractivity contribution in [3.05, 3.63) is 29.5 Å². The van der Waals surface area contributed by atoms with Crippen LogP contribution in [0.4, 0.5) is 0 Å². The van der Waals surface area contributed by atoms with Crippen molar-refractivity contribution in [1.29, 1.82) is 0 Å². The van der Waals surface area contributed by atoms with Gasteiger partial charge in [0, 0.05) is 61.6 Å². The first kappa shape index (κ1) is 23.2. The number of fused-ring (bicyclic) bond motifs is 4. The van der Waals surface area contributed by atoms with Gasteiger partial charge in [0.1, 0.15) is 5.75 Å². The van der Waals surface area contributed by atoms with Gasteiger partial charge < -0.3 is 24.2 Å². The van der Waals surface area contributed by atoms with E-state index in [1.165, 1.54) is 5.56 Å². The van der Waals surface area contributed by atoms with Crippen LogP contribution in [0.3, 0.4) is 0 Å². The lowest BCUT2D eigenvalue weighted by molar-refractivity contribution is -0.142. The van der Waals surface area contributed by atoms with E-state index in [1.807, 2.05) is 31.0 Å². The molecule has 1 spiro atoms. The van der Waals surface area contributed by atoms with E-state index in [-0.39, 0.29) is 29.9 Å². The second kappa shape index (κ2) is 8.91. The fourth-order valence-corrected chi connectivity index (χ4v) is 6.45. The smallest absolute Gasteiger partial charge is 0.225 e. The highest BCUT2D eigenvalue weighted by Crippen LogP contribution is 2.50. The second-order valence-electron chi connectivity index (χ2n) is 10.4. The molecule has 34 heavy (non-hydrogen) atoms. The first-order valence-electron chi connectivity index (χ1n) is 12.8. The lowest BCUT2D eigenvalue weighted by Gasteiger charge is -2.51. The van der Waals surface area contributed by atoms with Crippen LogP contribution in [0.15, 0.2) is 18.2 Å². The average Bonchev–Trinajstić information content (AvgIpc) is 3.11. The SMILES string of the molecule is CCCC(=O)N1CC2(CCN(C(=O)C3CCC3)CC2)c2c(n(C)c3cc(OC)ccc23)[C@H]1CO. The van der Waals surface area contributed by atoms with Crippen LogP contribution in [0.5, 0.6) is 5.75 Å². The Balaban J connectivity index is 1.60. The molecule has 1 saturated carbocycles. The molecular formula is C27H37N3O4. The zero-order valence-corrected chi connectivity index (χ0v) is 20.7. The van der Waals surface area contributed by atoms with Crippen LogP contribution in [0.2, 0.25) is 0 Å². The molecule has 5 rings (SSSR count). The number of aliphatic hydroxyl groups is 1. The zero-order valence-electron chi connectivity index (χ0n) is 20.7. The summed E-state index contributed by atoms with van der Waals surface area (Å²) in [5.41, 5.74) is 3.11. The number of ether oxygens (including phenoxy) is 1. The van der Waals surface area contributed by atoms with Crippen molar-refractivity contribution in [3.8, 4) is 5.75 Å². The van der Waals surface area contributed by atoms with Gasteiger partial charge in [0.2, 0.25) is 11.8 Å². The summed E-state index contributed by atoms with van der Waals surface area (Å²) in [6.07, 6.45) is 6.12. The van der Waals surface area contributed by atoms with Gasteiger partial charge in [-0.3, -0.25) is 9.59 Å². The molecule has 184 valence electrons. The van der Waals surface area contributed by atoms with E-state index in [1.54, 1.807) is 7.11 Å². The van der Waals surface area contributed by atoms with Crippen molar-refractivity contribution in [1.82, 2.24) is 14.4 Å². The van der Waals surface area contributed by atoms with Crippen LogP contribution in [-0.4, -0.2) is 64.6 Å². The van der Waals surface area contributed by atoms with E-state index in [4.69, 9.17) is 4.74 Å². The summed E-state index contributed by atoms with van der Waals surface area (Å²) >= 11 is 0. The van der Waals surface area contributed by atoms with Crippen molar-refractivity contribution in [2.24, 2.45) is 13.0 Å². The molecule has 0 bridgehead atoms. The number of aromatic nitrogens is 1. The number of benzene rings is 1. The summed E-state index contributed by atoms with van der Waals surface area (Å²) < 4.78 is 7.64. The van der Waals surface area contributed by atoms with Crippen molar-refractivity contribution < 1.29 is 19.4 Å². The van der Waals surface area contributed by atoms with Crippen molar-refractivity contribution >= 4 is 22.7 Å². The number of piperidine rings is 1. The average molecular weight is 468 g/mol. The first-order valence-corrected chi connectivity index (χ1v) is 12.8. The Morgan fingerprint density at radius 3 is 2.53 bits per heavy atom. The van der Waals surface area contributed by atoms with Crippen LogP contribution < -0.4 is 4.74 Å². The summed E-state index contributed by atoms with van der Waals surface area (Å²) in [6.45, 7) is 3.96. The molecule has 7 nitrogen and oxygen atoms in total. The first-order chi connectivity index (χ1) is 16.4. The standard InChI is InChI=1S/C27H37N3O4/c1-4-6-23(32)30-17-27(11-13-29(14-12-27)26(33)18-7-5-8-18)24-20-10-9-19(34-3)15-21(20)28(2)25(24)22(30)16-31/h9-10,15,18,22,31H,4-8,11-14,16-17H2,1-3H3/t22-/m1/s1. The highest BCUT2D eigenvalue weighted by atomic mass is 16.5. The molecule has 2 amide bonds. The Labute approximate surface area is 201 Å². The Morgan fingerprint density at radius 1 is 1.21 bits per heavy atom. The third-order valence-corrected chi connectivity index (χ3v) is 8.59. The normalized spacial score (nSPS) is 22.1. The summed E-state index contributed by atoms with van der Waals surface area (Å²) in [4.78, 5) is 30.2. The van der Waals surface area contributed by atoms with Crippen LogP contribution in [0, 0.1) is 5.92 Å². The topological polar surface area (TPSA) is 75.0 Å². The van der Waals surface area contributed by atoms with Gasteiger partial charge >= 0.3 is 0 Å². The van der Waals surface area contributed by atoms with Crippen LogP contribution in [0.1, 0.15) is 69.2 Å². The molecule has 3 aliphatic rings. The van der Waals surface area contributed by atoms with E-state index in [2.05, 4.69) is 15.5 Å². The Kier molecular flexibility index (Phi) is 6.09. The molecule has 1 N–H and O–H groups in total. The van der Waals surface area contributed by atoms with Crippen molar-refractivity contribution in [2.75, 3.05) is 33.4 Å². The maximum atomic E-state index is 13.3. The van der Waals surface area contributed by atoms with Crippen molar-refractivity contribution in [3.63, 3.8) is 0 Å². The quantitative estimate of drug-likeness (QED) is 0.730. The van der Waals surface area contributed by atoms with Gasteiger partial charge in [0.05, 0.1) is 25.3 Å². The molecular weight excluding hydrogens is 430 g/mol. The minimum atomic E-state index is -0.363. The molecule has 2 aliphatic heterocycles. The number of hydrogen-bond acceptors (Lipinski definition) is 4. The maximum absolute atomic E-state index is 13.3. The number of aryl methyl sites for hydroxylation is 1. The molecule has 1 atom stereocenters. The molecule has 0 unspecified atom stereocenters. The molecule has 0 radical (unpaired) electrons. The number of amides is 2. The van der Waals surface area contributed by atoms with Crippen molar-refractivity contribution in [2.45, 2.75) is 63.3 Å². The van der Waals surface area contributed by atoms with Crippen LogP contribution in [-0.2, 0) is 22.1 Å². The van der Waals surface area contributed by atoms with Gasteiger partial charge in [-0.1, -0.05) is 13.3 Å². The number of aliphatic hydroxyl groups excluding tert-OH is 1. The molecule has 2 fully saturated rings. The zero-order chi connectivity index (χ0) is 24.0. The van der Waals surface area contributed by atoms with E-state index >= 15 is 0 Å². The lowest BCUT2D eigenvalue weighted by atomic mass is 9.68. The van der Waals surface area contributed by atoms with E-state index < -0.39 is 0 Å². The second-order valence-corrected chi connectivity index (χ2v) is 10.4. The number of carbonyl (C=O) groups excluding carboxylic acids is 2. The Bertz CT molecular complexity index is 1090. The van der Waals surface area contributed by atoms with E-state index in [0.717, 1.165) is 74.0 Å². The van der Waals surface area contributed by atoms with Gasteiger partial charge in [0.15, 0.2) is 0 Å². The fraction of sp³-hybridized carbons (Fsp3) is 0.630. The summed E-state index contributed by atoms with van der Waals surface area (Å²) in [7, 11) is 3.70. The van der Waals surface area contributed by atoms with Gasteiger partial charge in [0.25, 0.3) is 0 Å². The maximum Gasteiger partial charge on any atom is 0.225 e. The molecule has 3 heterocycles. The number of rotatable bonds is 5. The molecule has 1 aromatic carbocycles. The number of nitrogens with zero attached hydrogens (tertiary/aromatic N) is 3. The molecule has 2 aromatic rings. The van der Waals surface area contributed by atoms with E-state index in [0.29, 0.717) is 18.9 Å². The van der Waals surface area contributed by atoms with Gasteiger partial charge in [-0.05, 0) is 49.8 Å².